The first-order valence-electron chi connectivity index (χ1n) is 8.58. The van der Waals surface area contributed by atoms with E-state index in [0.29, 0.717) is 6.07 Å². The van der Waals surface area contributed by atoms with E-state index in [4.69, 9.17) is 5.11 Å². The molecule has 0 saturated heterocycles. The zero-order valence-corrected chi connectivity index (χ0v) is 16.7. The fourth-order valence-corrected chi connectivity index (χ4v) is 2.41. The Balaban J connectivity index is 3.26. The highest BCUT2D eigenvalue weighted by atomic mass is 19.4. The summed E-state index contributed by atoms with van der Waals surface area (Å²) in [6, 6.07) is 1.15. The minimum Gasteiger partial charge on any atom is -0.493 e. The van der Waals surface area contributed by atoms with Crippen LogP contribution in [-0.4, -0.2) is 59.5 Å². The van der Waals surface area contributed by atoms with E-state index < -0.39 is 83.1 Å². The smallest absolute Gasteiger partial charge is 0.460 e. The van der Waals surface area contributed by atoms with Gasteiger partial charge in [0.15, 0.2) is 11.5 Å². The number of alkyl halides is 13. The molecule has 35 heavy (non-hydrogen) atoms. The summed E-state index contributed by atoms with van der Waals surface area (Å²) >= 11 is 0. The monoisotopic (exact) mass is 545 g/mol. The summed E-state index contributed by atoms with van der Waals surface area (Å²) in [5.74, 6) is -39.0. The van der Waals surface area contributed by atoms with Crippen LogP contribution in [0.4, 0.5) is 62.8 Å². The standard InChI is InChI=1S/C16H12F13NO5/c1-34-9-4-7(6-31)8(30(32)33)5-10(9)35-3-2-11(17,18)12(19,20)13(21,22)14(23,24)15(25,26)16(27,28)29/h4-5,31H,2-3,6H2,1H3. The maximum atomic E-state index is 13.8. The number of ether oxygens (including phenoxy) is 2. The molecule has 0 radical (unpaired) electrons. The van der Waals surface area contributed by atoms with Gasteiger partial charge < -0.3 is 14.6 Å². The Morgan fingerprint density at radius 3 is 1.71 bits per heavy atom. The van der Waals surface area contributed by atoms with Crippen LogP contribution in [0.5, 0.6) is 11.5 Å². The highest BCUT2D eigenvalue weighted by Gasteiger charge is 2.90. The van der Waals surface area contributed by atoms with Gasteiger partial charge in [-0.2, -0.15) is 57.1 Å². The van der Waals surface area contributed by atoms with Crippen LogP contribution in [0, 0.1) is 10.1 Å². The fourth-order valence-electron chi connectivity index (χ4n) is 2.41. The SMILES string of the molecule is COc1cc(CO)c([N+](=O)[O-])cc1OCCC(F)(F)C(F)(F)C(F)(F)C(F)(F)C(F)(F)C(F)(F)F. The highest BCUT2D eigenvalue weighted by molar-refractivity contribution is 5.54. The number of hydrogen-bond donors (Lipinski definition) is 1. The maximum absolute atomic E-state index is 13.8. The molecule has 0 atom stereocenters. The summed E-state index contributed by atoms with van der Waals surface area (Å²) in [6.45, 7) is -2.78. The zero-order chi connectivity index (χ0) is 27.8. The van der Waals surface area contributed by atoms with Crippen molar-refractivity contribution < 1.29 is 76.6 Å². The largest absolute Gasteiger partial charge is 0.493 e. The number of halogens is 13. The molecule has 19 heteroatoms. The summed E-state index contributed by atoms with van der Waals surface area (Å²) < 4.78 is 179. The molecular weight excluding hydrogens is 533 g/mol. The third-order valence-corrected chi connectivity index (χ3v) is 4.40. The molecule has 0 bridgehead atoms. The molecule has 1 N–H and O–H groups in total. The van der Waals surface area contributed by atoms with Crippen molar-refractivity contribution in [1.82, 2.24) is 0 Å². The summed E-state index contributed by atoms with van der Waals surface area (Å²) in [6.07, 6.45) is -10.2. The minimum absolute atomic E-state index is 0.413. The Morgan fingerprint density at radius 2 is 1.31 bits per heavy atom. The van der Waals surface area contributed by atoms with Gasteiger partial charge in [0, 0.05) is 0 Å². The molecule has 0 aliphatic rings. The van der Waals surface area contributed by atoms with Crippen LogP contribution in [0.3, 0.4) is 0 Å². The van der Waals surface area contributed by atoms with E-state index in [1.807, 2.05) is 0 Å². The van der Waals surface area contributed by atoms with E-state index in [1.54, 1.807) is 0 Å². The first kappa shape index (κ1) is 30.3. The molecule has 0 aliphatic heterocycles. The van der Waals surface area contributed by atoms with E-state index in [9.17, 15) is 67.2 Å². The summed E-state index contributed by atoms with van der Waals surface area (Å²) in [5.41, 5.74) is -1.33. The van der Waals surface area contributed by atoms with Crippen LogP contribution < -0.4 is 9.47 Å². The van der Waals surface area contributed by atoms with Gasteiger partial charge >= 0.3 is 35.8 Å². The van der Waals surface area contributed by atoms with E-state index in [1.165, 1.54) is 0 Å². The predicted octanol–water partition coefficient (Wildman–Crippen LogP) is 5.60. The Morgan fingerprint density at radius 1 is 0.829 bits per heavy atom. The van der Waals surface area contributed by atoms with Gasteiger partial charge in [-0.3, -0.25) is 10.1 Å². The van der Waals surface area contributed by atoms with Crippen molar-refractivity contribution >= 4 is 5.69 Å². The van der Waals surface area contributed by atoms with Crippen LogP contribution >= 0.6 is 0 Å². The Labute approximate surface area is 185 Å². The Bertz CT molecular complexity index is 933. The van der Waals surface area contributed by atoms with Crippen LogP contribution in [0.25, 0.3) is 0 Å². The second-order valence-corrected chi connectivity index (χ2v) is 6.65. The second kappa shape index (κ2) is 9.38. The van der Waals surface area contributed by atoms with Gasteiger partial charge in [-0.25, -0.2) is 0 Å². The van der Waals surface area contributed by atoms with Crippen LogP contribution in [0.1, 0.15) is 12.0 Å². The number of aliphatic hydroxyl groups is 1. The minimum atomic E-state index is -8.02. The predicted molar refractivity (Wildman–Crippen MR) is 86.5 cm³/mol. The fraction of sp³-hybridized carbons (Fsp3) is 0.625. The number of benzene rings is 1. The molecular formula is C16H12F13NO5. The second-order valence-electron chi connectivity index (χ2n) is 6.65. The number of hydrogen-bond acceptors (Lipinski definition) is 5. The average molecular weight is 545 g/mol. The van der Waals surface area contributed by atoms with E-state index in [0.717, 1.165) is 13.2 Å². The molecule has 0 aromatic heterocycles. The lowest BCUT2D eigenvalue weighted by Crippen LogP contribution is -2.70. The van der Waals surface area contributed by atoms with Crippen LogP contribution in [0.15, 0.2) is 12.1 Å². The van der Waals surface area contributed by atoms with Gasteiger partial charge in [0.1, 0.15) is 0 Å². The van der Waals surface area contributed by atoms with Crippen molar-refractivity contribution in [2.24, 2.45) is 0 Å². The lowest BCUT2D eigenvalue weighted by Gasteiger charge is -2.39. The first-order chi connectivity index (χ1) is 15.5. The van der Waals surface area contributed by atoms with Gasteiger partial charge in [0.05, 0.1) is 43.3 Å². The van der Waals surface area contributed by atoms with Gasteiger partial charge in [0.2, 0.25) is 0 Å². The number of nitro groups is 1. The highest BCUT2D eigenvalue weighted by Crippen LogP contribution is 2.60. The summed E-state index contributed by atoms with van der Waals surface area (Å²) in [7, 11) is 0.876. The first-order valence-corrected chi connectivity index (χ1v) is 8.58. The zero-order valence-electron chi connectivity index (χ0n) is 16.7. The quantitative estimate of drug-likeness (QED) is 0.222. The number of methoxy groups -OCH3 is 1. The van der Waals surface area contributed by atoms with E-state index in [-0.39, 0.29) is 0 Å². The average Bonchev–Trinajstić information content (AvgIpc) is 2.71. The van der Waals surface area contributed by atoms with Crippen molar-refractivity contribution in [1.29, 1.82) is 0 Å². The van der Waals surface area contributed by atoms with E-state index in [2.05, 4.69) is 9.47 Å². The molecule has 202 valence electrons. The summed E-state index contributed by atoms with van der Waals surface area (Å²) in [4.78, 5) is 9.82. The normalized spacial score (nSPS) is 14.1. The van der Waals surface area contributed by atoms with Gasteiger partial charge in [-0.1, -0.05) is 0 Å². The lowest BCUT2D eigenvalue weighted by molar-refractivity contribution is -0.440. The molecule has 1 aromatic carbocycles. The lowest BCUT2D eigenvalue weighted by atomic mass is 9.93. The molecule has 0 amide bonds. The number of rotatable bonds is 11. The third kappa shape index (κ3) is 4.99. The molecule has 1 rings (SSSR count). The Kier molecular flexibility index (Phi) is 8.12. The molecule has 0 aliphatic carbocycles. The van der Waals surface area contributed by atoms with Crippen molar-refractivity contribution in [2.45, 2.75) is 48.8 Å². The topological polar surface area (TPSA) is 81.8 Å². The van der Waals surface area contributed by atoms with Crippen LogP contribution in [-0.2, 0) is 6.61 Å². The molecule has 1 aromatic rings. The van der Waals surface area contributed by atoms with E-state index >= 15 is 0 Å². The number of aliphatic hydroxyl groups excluding tert-OH is 1. The van der Waals surface area contributed by atoms with Crippen LogP contribution in [0.2, 0.25) is 0 Å². The summed E-state index contributed by atoms with van der Waals surface area (Å²) in [5, 5.41) is 20.0. The molecule has 0 spiro atoms. The Hall–Kier alpha value is -2.73. The molecule has 0 unspecified atom stereocenters. The molecule has 0 fully saturated rings. The molecule has 0 heterocycles. The van der Waals surface area contributed by atoms with Crippen molar-refractivity contribution in [2.75, 3.05) is 13.7 Å². The van der Waals surface area contributed by atoms with Crippen molar-refractivity contribution in [3.8, 4) is 11.5 Å². The number of nitrogens with zero attached hydrogens (tertiary/aromatic N) is 1. The molecule has 0 saturated carbocycles. The van der Waals surface area contributed by atoms with Crippen molar-refractivity contribution in [3.63, 3.8) is 0 Å². The molecule has 6 nitrogen and oxygen atoms in total. The van der Waals surface area contributed by atoms with Crippen molar-refractivity contribution in [3.05, 3.63) is 27.8 Å². The third-order valence-electron chi connectivity index (χ3n) is 4.40. The number of nitro benzene ring substituents is 1. The maximum Gasteiger partial charge on any atom is 0.460 e. The van der Waals surface area contributed by atoms with Gasteiger partial charge in [-0.05, 0) is 6.07 Å². The van der Waals surface area contributed by atoms with Gasteiger partial charge in [0.25, 0.3) is 5.69 Å². The van der Waals surface area contributed by atoms with Gasteiger partial charge in [-0.15, -0.1) is 0 Å².